The van der Waals surface area contributed by atoms with Crippen LogP contribution in [0.25, 0.3) is 0 Å². The summed E-state index contributed by atoms with van der Waals surface area (Å²) >= 11 is 0. The summed E-state index contributed by atoms with van der Waals surface area (Å²) in [4.78, 5) is 0. The summed E-state index contributed by atoms with van der Waals surface area (Å²) in [6.45, 7) is 2.56. The minimum Gasteiger partial charge on any atom is -0.330 e. The van der Waals surface area contributed by atoms with Gasteiger partial charge in [-0.05, 0) is 19.0 Å². The molecule has 0 aliphatic carbocycles. The van der Waals surface area contributed by atoms with Crippen molar-refractivity contribution in [2.24, 2.45) is 12.8 Å². The lowest BCUT2D eigenvalue weighted by Gasteiger charge is -2.08. The van der Waals surface area contributed by atoms with Crippen LogP contribution in [-0.4, -0.2) is 25.8 Å². The predicted molar refractivity (Wildman–Crippen MR) is 58.2 cm³/mol. The van der Waals surface area contributed by atoms with Gasteiger partial charge < -0.3 is 5.73 Å². The standard InChI is InChI=1S/C9H17N3OS/c1-8(3-5-10)14(13)7-9-4-6-12(2)11-9/h4,6,8H,3,5,7,10H2,1-2H3. The molecule has 1 rings (SSSR count). The summed E-state index contributed by atoms with van der Waals surface area (Å²) in [6, 6.07) is 1.90. The van der Waals surface area contributed by atoms with E-state index in [0.717, 1.165) is 12.1 Å². The van der Waals surface area contributed by atoms with Crippen LogP contribution in [0.15, 0.2) is 12.3 Å². The van der Waals surface area contributed by atoms with E-state index in [1.54, 1.807) is 4.68 Å². The third-order valence-electron chi connectivity index (χ3n) is 2.08. The number of nitrogens with zero attached hydrogens (tertiary/aromatic N) is 2. The van der Waals surface area contributed by atoms with Crippen molar-refractivity contribution < 1.29 is 4.21 Å². The second-order valence-corrected chi connectivity index (χ2v) is 5.25. The molecule has 1 aromatic heterocycles. The molecule has 0 aliphatic rings. The number of rotatable bonds is 5. The van der Waals surface area contributed by atoms with Gasteiger partial charge in [0.1, 0.15) is 0 Å². The third kappa shape index (κ3) is 3.23. The number of aryl methyl sites for hydroxylation is 1. The Bertz CT molecular complexity index is 311. The lowest BCUT2D eigenvalue weighted by Crippen LogP contribution is -2.17. The summed E-state index contributed by atoms with van der Waals surface area (Å²) in [7, 11) is 0.999. The van der Waals surface area contributed by atoms with Crippen LogP contribution in [0.5, 0.6) is 0 Å². The van der Waals surface area contributed by atoms with Gasteiger partial charge in [0.05, 0.1) is 11.4 Å². The van der Waals surface area contributed by atoms with Crippen LogP contribution < -0.4 is 5.73 Å². The van der Waals surface area contributed by atoms with Crippen molar-refractivity contribution in [2.45, 2.75) is 24.3 Å². The van der Waals surface area contributed by atoms with E-state index in [9.17, 15) is 4.21 Å². The summed E-state index contributed by atoms with van der Waals surface area (Å²) in [5, 5.41) is 4.34. The maximum Gasteiger partial charge on any atom is 0.0749 e. The average Bonchev–Trinajstić information content (AvgIpc) is 2.51. The number of hydrogen-bond donors (Lipinski definition) is 1. The zero-order valence-electron chi connectivity index (χ0n) is 8.64. The van der Waals surface area contributed by atoms with Crippen LogP contribution in [0.1, 0.15) is 19.0 Å². The van der Waals surface area contributed by atoms with Crippen LogP contribution in [-0.2, 0) is 23.6 Å². The lowest BCUT2D eigenvalue weighted by atomic mass is 10.3. The molecular formula is C9H17N3OS. The average molecular weight is 215 g/mol. The third-order valence-corrected chi connectivity index (χ3v) is 3.79. The summed E-state index contributed by atoms with van der Waals surface area (Å²) < 4.78 is 13.4. The summed E-state index contributed by atoms with van der Waals surface area (Å²) in [6.07, 6.45) is 2.67. The Morgan fingerprint density at radius 2 is 2.43 bits per heavy atom. The van der Waals surface area contributed by atoms with Gasteiger partial charge in [-0.15, -0.1) is 0 Å². The van der Waals surface area contributed by atoms with E-state index in [1.807, 2.05) is 26.2 Å². The van der Waals surface area contributed by atoms with E-state index in [1.165, 1.54) is 0 Å². The zero-order chi connectivity index (χ0) is 10.6. The summed E-state index contributed by atoms with van der Waals surface area (Å²) in [5.41, 5.74) is 6.29. The minimum atomic E-state index is -0.858. The van der Waals surface area contributed by atoms with Gasteiger partial charge in [0.2, 0.25) is 0 Å². The van der Waals surface area contributed by atoms with E-state index >= 15 is 0 Å². The monoisotopic (exact) mass is 215 g/mol. The van der Waals surface area contributed by atoms with Gasteiger partial charge in [0.25, 0.3) is 0 Å². The second kappa shape index (κ2) is 5.26. The van der Waals surface area contributed by atoms with Crippen molar-refractivity contribution >= 4 is 10.8 Å². The molecule has 0 radical (unpaired) electrons. The Balaban J connectivity index is 2.48. The molecule has 0 aromatic carbocycles. The Kier molecular flexibility index (Phi) is 4.28. The molecule has 5 heteroatoms. The first-order valence-corrected chi connectivity index (χ1v) is 6.07. The Hall–Kier alpha value is -0.680. The number of hydrogen-bond acceptors (Lipinski definition) is 3. The van der Waals surface area contributed by atoms with Gasteiger partial charge in [-0.2, -0.15) is 5.10 Å². The minimum absolute atomic E-state index is 0.155. The molecule has 0 amide bonds. The topological polar surface area (TPSA) is 60.9 Å². The Morgan fingerprint density at radius 1 is 1.71 bits per heavy atom. The molecule has 0 fully saturated rings. The first kappa shape index (κ1) is 11.4. The van der Waals surface area contributed by atoms with Crippen LogP contribution in [0.3, 0.4) is 0 Å². The lowest BCUT2D eigenvalue weighted by molar-refractivity contribution is 0.663. The van der Waals surface area contributed by atoms with E-state index in [4.69, 9.17) is 5.73 Å². The smallest absolute Gasteiger partial charge is 0.0749 e. The van der Waals surface area contributed by atoms with Gasteiger partial charge >= 0.3 is 0 Å². The van der Waals surface area contributed by atoms with Crippen molar-refractivity contribution in [1.29, 1.82) is 0 Å². The zero-order valence-corrected chi connectivity index (χ0v) is 9.46. The normalized spacial score (nSPS) is 15.4. The van der Waals surface area contributed by atoms with Crippen LogP contribution in [0.2, 0.25) is 0 Å². The molecule has 2 unspecified atom stereocenters. The van der Waals surface area contributed by atoms with Crippen molar-refractivity contribution in [3.05, 3.63) is 18.0 Å². The highest BCUT2D eigenvalue weighted by Gasteiger charge is 2.11. The molecule has 80 valence electrons. The molecule has 2 atom stereocenters. The SMILES string of the molecule is CC(CCN)S(=O)Cc1ccn(C)n1. The molecule has 0 spiro atoms. The van der Waals surface area contributed by atoms with E-state index in [0.29, 0.717) is 12.3 Å². The van der Waals surface area contributed by atoms with E-state index in [2.05, 4.69) is 5.10 Å². The molecule has 1 heterocycles. The number of aromatic nitrogens is 2. The molecule has 4 nitrogen and oxygen atoms in total. The Morgan fingerprint density at radius 3 is 2.93 bits per heavy atom. The van der Waals surface area contributed by atoms with Crippen molar-refractivity contribution in [2.75, 3.05) is 6.54 Å². The van der Waals surface area contributed by atoms with Gasteiger partial charge in [-0.25, -0.2) is 0 Å². The fourth-order valence-electron chi connectivity index (χ4n) is 1.19. The van der Waals surface area contributed by atoms with Crippen molar-refractivity contribution in [3.63, 3.8) is 0 Å². The molecule has 0 saturated carbocycles. The van der Waals surface area contributed by atoms with E-state index in [-0.39, 0.29) is 5.25 Å². The molecule has 0 saturated heterocycles. The highest BCUT2D eigenvalue weighted by molar-refractivity contribution is 7.84. The van der Waals surface area contributed by atoms with Crippen LogP contribution >= 0.6 is 0 Å². The van der Waals surface area contributed by atoms with Crippen LogP contribution in [0.4, 0.5) is 0 Å². The second-order valence-electron chi connectivity index (χ2n) is 3.39. The molecule has 2 N–H and O–H groups in total. The fraction of sp³-hybridized carbons (Fsp3) is 0.667. The predicted octanol–water partition coefficient (Wildman–Crippen LogP) is 0.406. The highest BCUT2D eigenvalue weighted by Crippen LogP contribution is 2.07. The maximum absolute atomic E-state index is 11.7. The number of nitrogens with two attached hydrogens (primary N) is 1. The van der Waals surface area contributed by atoms with E-state index < -0.39 is 10.8 Å². The molecular weight excluding hydrogens is 198 g/mol. The first-order valence-electron chi connectivity index (χ1n) is 4.69. The Labute approximate surface area is 86.9 Å². The fourth-order valence-corrected chi connectivity index (χ4v) is 2.32. The molecule has 1 aromatic rings. The first-order chi connectivity index (χ1) is 6.63. The highest BCUT2D eigenvalue weighted by atomic mass is 32.2. The van der Waals surface area contributed by atoms with Gasteiger partial charge in [-0.3, -0.25) is 8.89 Å². The van der Waals surface area contributed by atoms with Crippen molar-refractivity contribution in [1.82, 2.24) is 9.78 Å². The molecule has 0 bridgehead atoms. The quantitative estimate of drug-likeness (QED) is 0.773. The van der Waals surface area contributed by atoms with Gasteiger partial charge in [-0.1, -0.05) is 6.92 Å². The molecule has 0 aliphatic heterocycles. The largest absolute Gasteiger partial charge is 0.330 e. The van der Waals surface area contributed by atoms with Crippen LogP contribution in [0, 0.1) is 0 Å². The van der Waals surface area contributed by atoms with Gasteiger partial charge in [0, 0.05) is 29.3 Å². The maximum atomic E-state index is 11.7. The molecule has 14 heavy (non-hydrogen) atoms. The van der Waals surface area contributed by atoms with Gasteiger partial charge in [0.15, 0.2) is 0 Å². The summed E-state index contributed by atoms with van der Waals surface area (Å²) in [5.74, 6) is 0.530. The van der Waals surface area contributed by atoms with Crippen molar-refractivity contribution in [3.8, 4) is 0 Å².